The van der Waals surface area contributed by atoms with Crippen LogP contribution in [0.1, 0.15) is 15.9 Å². The van der Waals surface area contributed by atoms with Crippen LogP contribution in [0.5, 0.6) is 0 Å². The van der Waals surface area contributed by atoms with Gasteiger partial charge in [-0.2, -0.15) is 4.31 Å². The van der Waals surface area contributed by atoms with Crippen molar-refractivity contribution in [2.75, 3.05) is 26.2 Å². The Hall–Kier alpha value is -1.83. The number of amides is 1. The summed E-state index contributed by atoms with van der Waals surface area (Å²) in [4.78, 5) is 16.8. The van der Waals surface area contributed by atoms with Crippen molar-refractivity contribution < 1.29 is 13.2 Å². The molecule has 1 aromatic heterocycles. The van der Waals surface area contributed by atoms with Gasteiger partial charge in [0.2, 0.25) is 10.0 Å². The molecule has 1 amide bonds. The molecule has 2 aromatic rings. The Kier molecular flexibility index (Phi) is 4.93. The van der Waals surface area contributed by atoms with Crippen LogP contribution in [0.2, 0.25) is 5.02 Å². The van der Waals surface area contributed by atoms with E-state index in [1.807, 2.05) is 0 Å². The minimum absolute atomic E-state index is 0.0839. The smallest absolute Gasteiger partial charge is 0.255 e. The number of aromatic amines is 1. The molecule has 1 aliphatic rings. The zero-order chi connectivity index (χ0) is 17.2. The molecule has 0 saturated carbocycles. The first kappa shape index (κ1) is 17.0. The maximum Gasteiger partial charge on any atom is 0.255 e. The third-order valence-corrected chi connectivity index (χ3v) is 6.26. The number of rotatable bonds is 4. The fraction of sp³-hybridized carbons (Fsp3) is 0.312. The second-order valence-corrected chi connectivity index (χ2v) is 8.01. The van der Waals surface area contributed by atoms with Crippen LogP contribution in [0.25, 0.3) is 0 Å². The van der Waals surface area contributed by atoms with Crippen molar-refractivity contribution in [3.63, 3.8) is 0 Å². The van der Waals surface area contributed by atoms with E-state index in [0.717, 1.165) is 0 Å². The Morgan fingerprint density at radius 2 is 1.83 bits per heavy atom. The molecular formula is C16H18ClN3O3S. The van der Waals surface area contributed by atoms with E-state index in [2.05, 4.69) is 4.98 Å². The van der Waals surface area contributed by atoms with Gasteiger partial charge in [0, 0.05) is 43.6 Å². The first-order chi connectivity index (χ1) is 11.5. The van der Waals surface area contributed by atoms with Crippen LogP contribution in [0, 0.1) is 0 Å². The highest BCUT2D eigenvalue weighted by atomic mass is 35.5. The number of piperazine rings is 1. The third-order valence-electron chi connectivity index (χ3n) is 4.06. The Morgan fingerprint density at radius 3 is 2.46 bits per heavy atom. The third kappa shape index (κ3) is 3.63. The molecule has 8 heteroatoms. The average molecular weight is 368 g/mol. The van der Waals surface area contributed by atoms with E-state index in [-0.39, 0.29) is 11.7 Å². The molecule has 1 N–H and O–H groups in total. The van der Waals surface area contributed by atoms with Crippen LogP contribution >= 0.6 is 11.6 Å². The summed E-state index contributed by atoms with van der Waals surface area (Å²) in [7, 11) is -3.46. The maximum absolute atomic E-state index is 12.6. The molecule has 1 aromatic carbocycles. The van der Waals surface area contributed by atoms with Crippen LogP contribution in [0.4, 0.5) is 0 Å². The topological polar surface area (TPSA) is 73.5 Å². The highest BCUT2D eigenvalue weighted by molar-refractivity contribution is 7.88. The molecule has 6 nitrogen and oxygen atoms in total. The number of benzene rings is 1. The van der Waals surface area contributed by atoms with Crippen LogP contribution < -0.4 is 0 Å². The van der Waals surface area contributed by atoms with E-state index in [9.17, 15) is 13.2 Å². The summed E-state index contributed by atoms with van der Waals surface area (Å²) < 4.78 is 26.6. The van der Waals surface area contributed by atoms with Crippen LogP contribution in [0.3, 0.4) is 0 Å². The molecule has 1 saturated heterocycles. The Morgan fingerprint density at radius 1 is 1.12 bits per heavy atom. The first-order valence-corrected chi connectivity index (χ1v) is 9.59. The molecule has 2 heterocycles. The maximum atomic E-state index is 12.6. The first-order valence-electron chi connectivity index (χ1n) is 7.61. The van der Waals surface area contributed by atoms with Crippen molar-refractivity contribution in [1.29, 1.82) is 0 Å². The molecular weight excluding hydrogens is 350 g/mol. The lowest BCUT2D eigenvalue weighted by Gasteiger charge is -2.34. The quantitative estimate of drug-likeness (QED) is 0.897. The lowest BCUT2D eigenvalue weighted by Crippen LogP contribution is -2.50. The predicted octanol–water partition coefficient (Wildman–Crippen LogP) is 1.96. The van der Waals surface area contributed by atoms with Gasteiger partial charge < -0.3 is 9.88 Å². The molecule has 24 heavy (non-hydrogen) atoms. The number of H-pyrrole nitrogens is 1. The summed E-state index contributed by atoms with van der Waals surface area (Å²) >= 11 is 6.05. The van der Waals surface area contributed by atoms with Crippen molar-refractivity contribution in [3.8, 4) is 0 Å². The van der Waals surface area contributed by atoms with Gasteiger partial charge in [-0.1, -0.05) is 29.8 Å². The second kappa shape index (κ2) is 6.96. The molecule has 0 atom stereocenters. The molecule has 0 bridgehead atoms. The fourth-order valence-electron chi connectivity index (χ4n) is 2.71. The molecule has 0 radical (unpaired) electrons. The standard InChI is InChI=1S/C16H18ClN3O3S/c17-15-4-2-1-3-14(15)12-24(22,23)20-9-7-19(8-10-20)16(21)13-5-6-18-11-13/h1-6,11,18H,7-10,12H2. The van der Waals surface area contributed by atoms with Gasteiger partial charge in [-0.15, -0.1) is 0 Å². The number of sulfonamides is 1. The highest BCUT2D eigenvalue weighted by Crippen LogP contribution is 2.20. The lowest BCUT2D eigenvalue weighted by molar-refractivity contribution is 0.0698. The monoisotopic (exact) mass is 367 g/mol. The van der Waals surface area contributed by atoms with Gasteiger partial charge in [0.1, 0.15) is 0 Å². The number of carbonyl (C=O) groups excluding carboxylic acids is 1. The van der Waals surface area contributed by atoms with E-state index in [1.165, 1.54) is 4.31 Å². The van der Waals surface area contributed by atoms with Crippen LogP contribution in [-0.4, -0.2) is 54.7 Å². The van der Waals surface area contributed by atoms with Crippen LogP contribution in [0.15, 0.2) is 42.7 Å². The van der Waals surface area contributed by atoms with E-state index in [1.54, 1.807) is 47.6 Å². The normalized spacial score (nSPS) is 16.3. The lowest BCUT2D eigenvalue weighted by atomic mass is 10.2. The Bertz CT molecular complexity index is 813. The molecule has 3 rings (SSSR count). The van der Waals surface area contributed by atoms with Crippen molar-refractivity contribution in [1.82, 2.24) is 14.2 Å². The second-order valence-electron chi connectivity index (χ2n) is 5.64. The molecule has 0 spiro atoms. The van der Waals surface area contributed by atoms with Gasteiger partial charge in [0.15, 0.2) is 0 Å². The molecule has 0 unspecified atom stereocenters. The fourth-order valence-corrected chi connectivity index (χ4v) is 4.54. The number of carbonyl (C=O) groups is 1. The van der Waals surface area contributed by atoms with Crippen molar-refractivity contribution in [2.24, 2.45) is 0 Å². The zero-order valence-corrected chi connectivity index (χ0v) is 14.6. The van der Waals surface area contributed by atoms with Crippen molar-refractivity contribution in [3.05, 3.63) is 58.9 Å². The van der Waals surface area contributed by atoms with Gasteiger partial charge >= 0.3 is 0 Å². The Labute approximate surface area is 146 Å². The van der Waals surface area contributed by atoms with Gasteiger partial charge in [-0.25, -0.2) is 8.42 Å². The molecule has 0 aliphatic carbocycles. The van der Waals surface area contributed by atoms with Gasteiger partial charge in [-0.05, 0) is 17.7 Å². The number of hydrogen-bond acceptors (Lipinski definition) is 3. The molecule has 1 fully saturated rings. The molecule has 128 valence electrons. The summed E-state index contributed by atoms with van der Waals surface area (Å²) in [6.45, 7) is 1.35. The van der Waals surface area contributed by atoms with Crippen molar-refractivity contribution >= 4 is 27.5 Å². The number of aromatic nitrogens is 1. The largest absolute Gasteiger partial charge is 0.367 e. The minimum Gasteiger partial charge on any atom is -0.367 e. The number of nitrogens with zero attached hydrogens (tertiary/aromatic N) is 2. The SMILES string of the molecule is O=C(c1cc[nH]c1)N1CCN(S(=O)(=O)Cc2ccccc2Cl)CC1. The summed E-state index contributed by atoms with van der Waals surface area (Å²) in [5.74, 6) is -0.210. The number of halogens is 1. The number of hydrogen-bond donors (Lipinski definition) is 1. The van der Waals surface area contributed by atoms with Gasteiger partial charge in [-0.3, -0.25) is 4.79 Å². The zero-order valence-electron chi connectivity index (χ0n) is 13.0. The average Bonchev–Trinajstić information content (AvgIpc) is 3.11. The van der Waals surface area contributed by atoms with Crippen molar-refractivity contribution in [2.45, 2.75) is 5.75 Å². The van der Waals surface area contributed by atoms with E-state index in [4.69, 9.17) is 11.6 Å². The highest BCUT2D eigenvalue weighted by Gasteiger charge is 2.29. The number of nitrogens with one attached hydrogen (secondary N) is 1. The summed E-state index contributed by atoms with van der Waals surface area (Å²) in [6.07, 6.45) is 3.33. The van der Waals surface area contributed by atoms with E-state index in [0.29, 0.717) is 42.3 Å². The minimum atomic E-state index is -3.46. The Balaban J connectivity index is 1.63. The van der Waals surface area contributed by atoms with Gasteiger partial charge in [0.25, 0.3) is 5.91 Å². The van der Waals surface area contributed by atoms with E-state index >= 15 is 0 Å². The molecule has 1 aliphatic heterocycles. The van der Waals surface area contributed by atoms with Crippen LogP contribution in [-0.2, 0) is 15.8 Å². The predicted molar refractivity (Wildman–Crippen MR) is 92.3 cm³/mol. The van der Waals surface area contributed by atoms with E-state index < -0.39 is 10.0 Å². The summed E-state index contributed by atoms with van der Waals surface area (Å²) in [5.41, 5.74) is 1.17. The summed E-state index contributed by atoms with van der Waals surface area (Å²) in [6, 6.07) is 8.64. The summed E-state index contributed by atoms with van der Waals surface area (Å²) in [5, 5.41) is 0.447. The van der Waals surface area contributed by atoms with Gasteiger partial charge in [0.05, 0.1) is 11.3 Å².